The van der Waals surface area contributed by atoms with E-state index in [1.165, 1.54) is 12.1 Å². The van der Waals surface area contributed by atoms with Gasteiger partial charge in [-0.1, -0.05) is 23.7 Å². The van der Waals surface area contributed by atoms with Crippen molar-refractivity contribution in [2.45, 2.75) is 6.42 Å². The number of benzene rings is 2. The third-order valence-corrected chi connectivity index (χ3v) is 2.87. The molecule has 4 nitrogen and oxygen atoms in total. The maximum Gasteiger partial charge on any atom is 0.269 e. The van der Waals surface area contributed by atoms with Gasteiger partial charge in [-0.3, -0.25) is 10.1 Å². The van der Waals surface area contributed by atoms with Crippen molar-refractivity contribution in [2.24, 2.45) is 0 Å². The van der Waals surface area contributed by atoms with Crippen LogP contribution in [0.4, 0.5) is 5.69 Å². The fraction of sp³-hybridized carbons (Fsp3) is 0.143. The molecule has 0 unspecified atom stereocenters. The average Bonchev–Trinajstić information content (AvgIpc) is 2.41. The second-order valence-corrected chi connectivity index (χ2v) is 4.41. The smallest absolute Gasteiger partial charge is 0.269 e. The average molecular weight is 278 g/mol. The van der Waals surface area contributed by atoms with Crippen molar-refractivity contribution < 1.29 is 9.66 Å². The highest BCUT2D eigenvalue weighted by molar-refractivity contribution is 6.30. The maximum atomic E-state index is 10.5. The van der Waals surface area contributed by atoms with Crippen molar-refractivity contribution in [1.82, 2.24) is 0 Å². The Hall–Kier alpha value is -2.07. The van der Waals surface area contributed by atoms with Gasteiger partial charge in [0.05, 0.1) is 11.5 Å². The highest BCUT2D eigenvalue weighted by Crippen LogP contribution is 2.17. The van der Waals surface area contributed by atoms with Gasteiger partial charge in [-0.2, -0.15) is 0 Å². The lowest BCUT2D eigenvalue weighted by Gasteiger charge is -2.06. The Labute approximate surface area is 115 Å². The molecule has 0 fully saturated rings. The van der Waals surface area contributed by atoms with Gasteiger partial charge in [-0.05, 0) is 29.8 Å². The first kappa shape index (κ1) is 13.4. The van der Waals surface area contributed by atoms with E-state index in [2.05, 4.69) is 0 Å². The zero-order valence-electron chi connectivity index (χ0n) is 10.1. The lowest BCUT2D eigenvalue weighted by Crippen LogP contribution is -2.01. The van der Waals surface area contributed by atoms with E-state index in [-0.39, 0.29) is 5.69 Å². The van der Waals surface area contributed by atoms with Gasteiger partial charge in [0.25, 0.3) is 5.69 Å². The molecule has 0 radical (unpaired) electrons. The second-order valence-electron chi connectivity index (χ2n) is 3.98. The van der Waals surface area contributed by atoms with Crippen LogP contribution in [0, 0.1) is 10.1 Å². The molecule has 2 aromatic carbocycles. The van der Waals surface area contributed by atoms with Crippen molar-refractivity contribution in [3.05, 3.63) is 69.2 Å². The van der Waals surface area contributed by atoms with Crippen LogP contribution in [-0.2, 0) is 6.42 Å². The van der Waals surface area contributed by atoms with Crippen LogP contribution in [0.3, 0.4) is 0 Å². The number of nitrogens with zero attached hydrogens (tertiary/aromatic N) is 1. The lowest BCUT2D eigenvalue weighted by molar-refractivity contribution is -0.384. The van der Waals surface area contributed by atoms with Gasteiger partial charge in [0.15, 0.2) is 0 Å². The van der Waals surface area contributed by atoms with E-state index in [0.29, 0.717) is 17.4 Å². The number of halogens is 1. The van der Waals surface area contributed by atoms with E-state index in [1.54, 1.807) is 12.1 Å². The number of rotatable bonds is 5. The summed E-state index contributed by atoms with van der Waals surface area (Å²) < 4.78 is 5.52. The standard InChI is InChI=1S/C14H12ClNO3/c15-12-3-1-11(2-4-12)9-10-19-14-7-5-13(6-8-14)16(17)18/h1-8H,9-10H2. The van der Waals surface area contributed by atoms with Gasteiger partial charge in [-0.15, -0.1) is 0 Å². The third-order valence-electron chi connectivity index (χ3n) is 2.62. The summed E-state index contributed by atoms with van der Waals surface area (Å²) in [6.45, 7) is 0.513. The van der Waals surface area contributed by atoms with E-state index in [9.17, 15) is 10.1 Å². The summed E-state index contributed by atoms with van der Waals surface area (Å²) >= 11 is 5.80. The van der Waals surface area contributed by atoms with Crippen LogP contribution < -0.4 is 4.74 Å². The fourth-order valence-electron chi connectivity index (χ4n) is 1.60. The minimum absolute atomic E-state index is 0.0602. The molecular formula is C14H12ClNO3. The summed E-state index contributed by atoms with van der Waals surface area (Å²) in [5.41, 5.74) is 1.19. The molecule has 0 aliphatic carbocycles. The van der Waals surface area contributed by atoms with Crippen LogP contribution in [0.15, 0.2) is 48.5 Å². The van der Waals surface area contributed by atoms with Crippen molar-refractivity contribution >= 4 is 17.3 Å². The Kier molecular flexibility index (Phi) is 4.36. The summed E-state index contributed by atoms with van der Waals surface area (Å²) in [5.74, 6) is 0.625. The minimum Gasteiger partial charge on any atom is -0.493 e. The zero-order valence-corrected chi connectivity index (χ0v) is 10.8. The van der Waals surface area contributed by atoms with E-state index in [0.717, 1.165) is 12.0 Å². The van der Waals surface area contributed by atoms with E-state index >= 15 is 0 Å². The van der Waals surface area contributed by atoms with Gasteiger partial charge >= 0.3 is 0 Å². The van der Waals surface area contributed by atoms with Crippen molar-refractivity contribution in [2.75, 3.05) is 6.61 Å². The number of hydrogen-bond donors (Lipinski definition) is 0. The molecule has 0 aliphatic heterocycles. The van der Waals surface area contributed by atoms with Gasteiger partial charge in [0, 0.05) is 23.6 Å². The predicted molar refractivity (Wildman–Crippen MR) is 73.7 cm³/mol. The summed E-state index contributed by atoms with van der Waals surface area (Å²) in [7, 11) is 0. The maximum absolute atomic E-state index is 10.5. The zero-order chi connectivity index (χ0) is 13.7. The number of non-ortho nitro benzene ring substituents is 1. The van der Waals surface area contributed by atoms with Crippen molar-refractivity contribution in [1.29, 1.82) is 0 Å². The largest absolute Gasteiger partial charge is 0.493 e. The Balaban J connectivity index is 1.85. The Morgan fingerprint density at radius 2 is 1.68 bits per heavy atom. The molecule has 0 aromatic heterocycles. The molecule has 0 N–H and O–H groups in total. The van der Waals surface area contributed by atoms with Crippen LogP contribution in [-0.4, -0.2) is 11.5 Å². The summed E-state index contributed by atoms with van der Waals surface area (Å²) in [6, 6.07) is 13.6. The van der Waals surface area contributed by atoms with Gasteiger partial charge in [0.2, 0.25) is 0 Å². The first-order chi connectivity index (χ1) is 9.15. The molecule has 0 amide bonds. The topological polar surface area (TPSA) is 52.4 Å². The number of nitro benzene ring substituents is 1. The van der Waals surface area contributed by atoms with E-state index in [1.807, 2.05) is 24.3 Å². The van der Waals surface area contributed by atoms with Crippen LogP contribution >= 0.6 is 11.6 Å². The monoisotopic (exact) mass is 277 g/mol. The van der Waals surface area contributed by atoms with E-state index in [4.69, 9.17) is 16.3 Å². The van der Waals surface area contributed by atoms with Crippen molar-refractivity contribution in [3.63, 3.8) is 0 Å². The minimum atomic E-state index is -0.433. The van der Waals surface area contributed by atoms with Crippen LogP contribution in [0.5, 0.6) is 5.75 Å². The first-order valence-corrected chi connectivity index (χ1v) is 6.14. The van der Waals surface area contributed by atoms with Crippen LogP contribution in [0.2, 0.25) is 5.02 Å². The molecule has 98 valence electrons. The Morgan fingerprint density at radius 3 is 2.26 bits per heavy atom. The molecular weight excluding hydrogens is 266 g/mol. The first-order valence-electron chi connectivity index (χ1n) is 5.77. The molecule has 0 atom stereocenters. The van der Waals surface area contributed by atoms with E-state index < -0.39 is 4.92 Å². The number of hydrogen-bond acceptors (Lipinski definition) is 3. The molecule has 0 heterocycles. The second kappa shape index (κ2) is 6.20. The Morgan fingerprint density at radius 1 is 1.05 bits per heavy atom. The lowest BCUT2D eigenvalue weighted by atomic mass is 10.2. The molecule has 0 saturated heterocycles. The predicted octanol–water partition coefficient (Wildman–Crippen LogP) is 3.87. The molecule has 0 aliphatic rings. The summed E-state index contributed by atoms with van der Waals surface area (Å²) in [6.07, 6.45) is 0.758. The molecule has 0 spiro atoms. The number of ether oxygens (including phenoxy) is 1. The summed E-state index contributed by atoms with van der Waals surface area (Å²) in [4.78, 5) is 10.1. The van der Waals surface area contributed by atoms with Crippen LogP contribution in [0.25, 0.3) is 0 Å². The third kappa shape index (κ3) is 3.96. The van der Waals surface area contributed by atoms with Crippen LogP contribution in [0.1, 0.15) is 5.56 Å². The quantitative estimate of drug-likeness (QED) is 0.616. The van der Waals surface area contributed by atoms with Crippen molar-refractivity contribution in [3.8, 4) is 5.75 Å². The molecule has 2 rings (SSSR count). The molecule has 2 aromatic rings. The molecule has 5 heteroatoms. The molecule has 0 saturated carbocycles. The fourth-order valence-corrected chi connectivity index (χ4v) is 1.73. The SMILES string of the molecule is O=[N+]([O-])c1ccc(OCCc2ccc(Cl)cc2)cc1. The molecule has 19 heavy (non-hydrogen) atoms. The Bertz CT molecular complexity index is 552. The number of nitro groups is 1. The highest BCUT2D eigenvalue weighted by atomic mass is 35.5. The molecule has 0 bridgehead atoms. The van der Waals surface area contributed by atoms with Gasteiger partial charge < -0.3 is 4.74 Å². The highest BCUT2D eigenvalue weighted by Gasteiger charge is 2.04. The summed E-state index contributed by atoms with van der Waals surface area (Å²) in [5, 5.41) is 11.2. The van der Waals surface area contributed by atoms with Gasteiger partial charge in [-0.25, -0.2) is 0 Å². The normalized spacial score (nSPS) is 10.2. The van der Waals surface area contributed by atoms with Gasteiger partial charge in [0.1, 0.15) is 5.75 Å².